The molecule has 134 valence electrons. The lowest BCUT2D eigenvalue weighted by Crippen LogP contribution is -2.47. The van der Waals surface area contributed by atoms with E-state index in [1.54, 1.807) is 25.4 Å². The number of carbonyl (C=O) groups is 1. The van der Waals surface area contributed by atoms with E-state index in [0.29, 0.717) is 52.2 Å². The number of hydrogen-bond donors (Lipinski definition) is 0. The van der Waals surface area contributed by atoms with Gasteiger partial charge in [-0.05, 0) is 19.8 Å². The molecule has 0 N–H and O–H groups in total. The first-order chi connectivity index (χ1) is 10.9. The van der Waals surface area contributed by atoms with Crippen molar-refractivity contribution in [1.29, 1.82) is 0 Å². The van der Waals surface area contributed by atoms with E-state index in [2.05, 4.69) is 0 Å². The molecule has 0 unspecified atom stereocenters. The van der Waals surface area contributed by atoms with Gasteiger partial charge in [-0.15, -0.1) is 0 Å². The minimum absolute atomic E-state index is 0.107. The van der Waals surface area contributed by atoms with Gasteiger partial charge in [-0.25, -0.2) is 12.7 Å². The van der Waals surface area contributed by atoms with Crippen LogP contribution >= 0.6 is 0 Å². The number of nitrogens with zero attached hydrogens (tertiary/aromatic N) is 2. The van der Waals surface area contributed by atoms with Crippen molar-refractivity contribution >= 4 is 15.9 Å². The Balaban J connectivity index is 2.12. The summed E-state index contributed by atoms with van der Waals surface area (Å²) in [7, 11) is 0.0738. The normalized spacial score (nSPS) is 25.4. The van der Waals surface area contributed by atoms with Crippen LogP contribution in [0.2, 0.25) is 0 Å². The standard InChI is InChI=1S/C15H28N2O5S/c1-4-23(19,20)17-7-5-15(6-8-17)12-16(9-10-21-2)14(18)13(15)11-22-3/h13H,4-12H2,1-3H3/t13-/m0/s1. The molecule has 1 atom stereocenters. The number of rotatable bonds is 7. The Kier molecular flexibility index (Phi) is 6.05. The van der Waals surface area contributed by atoms with Gasteiger partial charge in [0, 0.05) is 45.8 Å². The van der Waals surface area contributed by atoms with Crippen LogP contribution in [0.3, 0.4) is 0 Å². The smallest absolute Gasteiger partial charge is 0.228 e. The maximum atomic E-state index is 12.7. The summed E-state index contributed by atoms with van der Waals surface area (Å²) in [6.07, 6.45) is 1.41. The molecule has 0 aromatic rings. The molecule has 8 heteroatoms. The van der Waals surface area contributed by atoms with E-state index in [1.807, 2.05) is 4.90 Å². The third kappa shape index (κ3) is 3.70. The van der Waals surface area contributed by atoms with Gasteiger partial charge in [-0.1, -0.05) is 0 Å². The average Bonchev–Trinajstić information content (AvgIpc) is 2.79. The molecular weight excluding hydrogens is 320 g/mol. The summed E-state index contributed by atoms with van der Waals surface area (Å²) in [4.78, 5) is 14.5. The molecule has 0 radical (unpaired) electrons. The van der Waals surface area contributed by atoms with Gasteiger partial charge >= 0.3 is 0 Å². The van der Waals surface area contributed by atoms with Gasteiger partial charge in [0.25, 0.3) is 0 Å². The Labute approximate surface area is 139 Å². The highest BCUT2D eigenvalue weighted by atomic mass is 32.2. The van der Waals surface area contributed by atoms with Crippen LogP contribution < -0.4 is 0 Å². The number of sulfonamides is 1. The highest BCUT2D eigenvalue weighted by Crippen LogP contribution is 2.45. The van der Waals surface area contributed by atoms with Crippen molar-refractivity contribution in [3.05, 3.63) is 0 Å². The summed E-state index contributed by atoms with van der Waals surface area (Å²) in [6, 6.07) is 0. The molecule has 0 bridgehead atoms. The Bertz CT molecular complexity index is 514. The largest absolute Gasteiger partial charge is 0.384 e. The lowest BCUT2D eigenvalue weighted by atomic mass is 9.71. The van der Waals surface area contributed by atoms with E-state index < -0.39 is 10.0 Å². The summed E-state index contributed by atoms with van der Waals surface area (Å²) in [6.45, 7) is 4.79. The van der Waals surface area contributed by atoms with Crippen LogP contribution in [0.1, 0.15) is 19.8 Å². The predicted octanol–water partition coefficient (Wildman–Crippen LogP) is 0.170. The molecule has 2 aliphatic rings. The molecule has 1 amide bonds. The molecule has 2 rings (SSSR count). The average molecular weight is 348 g/mol. The summed E-state index contributed by atoms with van der Waals surface area (Å²) in [5, 5.41) is 0. The lowest BCUT2D eigenvalue weighted by Gasteiger charge is -2.41. The summed E-state index contributed by atoms with van der Waals surface area (Å²) >= 11 is 0. The molecule has 0 aromatic carbocycles. The van der Waals surface area contributed by atoms with E-state index in [9.17, 15) is 13.2 Å². The summed E-state index contributed by atoms with van der Waals surface area (Å²) in [5.74, 6) is 0.0481. The van der Waals surface area contributed by atoms with E-state index in [-0.39, 0.29) is 23.0 Å². The van der Waals surface area contributed by atoms with Crippen molar-refractivity contribution in [3.8, 4) is 0 Å². The molecule has 1 spiro atoms. The van der Waals surface area contributed by atoms with Gasteiger partial charge in [0.2, 0.25) is 15.9 Å². The second-order valence-corrected chi connectivity index (χ2v) is 8.68. The fraction of sp³-hybridized carbons (Fsp3) is 0.933. The topological polar surface area (TPSA) is 76.2 Å². The van der Waals surface area contributed by atoms with E-state index in [4.69, 9.17) is 9.47 Å². The summed E-state index contributed by atoms with van der Waals surface area (Å²) in [5.41, 5.74) is -0.180. The second kappa shape index (κ2) is 7.46. The molecule has 0 aromatic heterocycles. The Morgan fingerprint density at radius 1 is 1.22 bits per heavy atom. The Hall–Kier alpha value is -0.700. The number of carbonyl (C=O) groups excluding carboxylic acids is 1. The van der Waals surface area contributed by atoms with Crippen LogP contribution in [-0.4, -0.2) is 82.9 Å². The Morgan fingerprint density at radius 3 is 2.39 bits per heavy atom. The number of amides is 1. The maximum absolute atomic E-state index is 12.7. The SMILES string of the molecule is CCS(=O)(=O)N1CCC2(CC1)CN(CCOC)C(=O)[C@@H]2COC. The zero-order valence-corrected chi connectivity index (χ0v) is 15.1. The van der Waals surface area contributed by atoms with Crippen LogP contribution in [0.5, 0.6) is 0 Å². The first kappa shape index (κ1) is 18.6. The third-order valence-electron chi connectivity index (χ3n) is 5.23. The minimum Gasteiger partial charge on any atom is -0.384 e. The van der Waals surface area contributed by atoms with Gasteiger partial charge in [-0.3, -0.25) is 4.79 Å². The van der Waals surface area contributed by atoms with E-state index in [1.165, 1.54) is 0 Å². The zero-order chi connectivity index (χ0) is 17.1. The maximum Gasteiger partial charge on any atom is 0.228 e. The number of likely N-dealkylation sites (tertiary alicyclic amines) is 1. The fourth-order valence-electron chi connectivity index (χ4n) is 3.75. The van der Waals surface area contributed by atoms with Gasteiger partial charge < -0.3 is 14.4 Å². The van der Waals surface area contributed by atoms with Crippen LogP contribution in [0.4, 0.5) is 0 Å². The number of ether oxygens (including phenoxy) is 2. The molecule has 0 saturated carbocycles. The van der Waals surface area contributed by atoms with Gasteiger partial charge in [0.1, 0.15) is 0 Å². The van der Waals surface area contributed by atoms with E-state index in [0.717, 1.165) is 0 Å². The zero-order valence-electron chi connectivity index (χ0n) is 14.3. The molecule has 2 heterocycles. The highest BCUT2D eigenvalue weighted by Gasteiger charge is 2.53. The molecule has 0 aliphatic carbocycles. The third-order valence-corrected chi connectivity index (χ3v) is 7.11. The van der Waals surface area contributed by atoms with Crippen LogP contribution in [0.15, 0.2) is 0 Å². The second-order valence-electron chi connectivity index (χ2n) is 6.42. The quantitative estimate of drug-likeness (QED) is 0.655. The molecular formula is C15H28N2O5S. The minimum atomic E-state index is -3.15. The van der Waals surface area contributed by atoms with Gasteiger partial charge in [0.05, 0.1) is 24.9 Å². The molecule has 23 heavy (non-hydrogen) atoms. The van der Waals surface area contributed by atoms with Gasteiger partial charge in [0.15, 0.2) is 0 Å². The number of methoxy groups -OCH3 is 2. The van der Waals surface area contributed by atoms with Crippen LogP contribution in [0.25, 0.3) is 0 Å². The van der Waals surface area contributed by atoms with E-state index >= 15 is 0 Å². The van der Waals surface area contributed by atoms with Crippen molar-refractivity contribution in [2.75, 3.05) is 59.4 Å². The lowest BCUT2D eigenvalue weighted by molar-refractivity contribution is -0.134. The van der Waals surface area contributed by atoms with Crippen molar-refractivity contribution in [1.82, 2.24) is 9.21 Å². The van der Waals surface area contributed by atoms with Crippen molar-refractivity contribution < 1.29 is 22.7 Å². The molecule has 2 fully saturated rings. The predicted molar refractivity (Wildman–Crippen MR) is 86.5 cm³/mol. The molecule has 7 nitrogen and oxygen atoms in total. The van der Waals surface area contributed by atoms with Crippen molar-refractivity contribution in [3.63, 3.8) is 0 Å². The summed E-state index contributed by atoms with van der Waals surface area (Å²) < 4.78 is 36.0. The monoisotopic (exact) mass is 348 g/mol. The first-order valence-electron chi connectivity index (χ1n) is 8.14. The van der Waals surface area contributed by atoms with Gasteiger partial charge in [-0.2, -0.15) is 0 Å². The molecule has 2 aliphatic heterocycles. The van der Waals surface area contributed by atoms with Crippen molar-refractivity contribution in [2.24, 2.45) is 11.3 Å². The Morgan fingerprint density at radius 2 is 1.87 bits per heavy atom. The highest BCUT2D eigenvalue weighted by molar-refractivity contribution is 7.89. The number of hydrogen-bond acceptors (Lipinski definition) is 5. The first-order valence-corrected chi connectivity index (χ1v) is 9.75. The molecule has 2 saturated heterocycles. The van der Waals surface area contributed by atoms with Crippen LogP contribution in [-0.2, 0) is 24.3 Å². The fourth-order valence-corrected chi connectivity index (χ4v) is 4.86. The number of piperidine rings is 1. The van der Waals surface area contributed by atoms with Crippen LogP contribution in [0, 0.1) is 11.3 Å². The van der Waals surface area contributed by atoms with Crippen molar-refractivity contribution in [2.45, 2.75) is 19.8 Å².